The molecule has 1 unspecified atom stereocenters. The van der Waals surface area contributed by atoms with Gasteiger partial charge in [0, 0.05) is 29.1 Å². The van der Waals surface area contributed by atoms with Crippen molar-refractivity contribution in [1.82, 2.24) is 10.2 Å². The maximum absolute atomic E-state index is 13.0. The first-order valence-electron chi connectivity index (χ1n) is 9.48. The maximum Gasteiger partial charge on any atom is 0.255 e. The molecule has 2 aromatic carbocycles. The largest absolute Gasteiger partial charge is 0.496 e. The number of methoxy groups -OCH3 is 1. The second-order valence-corrected chi connectivity index (χ2v) is 7.89. The summed E-state index contributed by atoms with van der Waals surface area (Å²) in [5.74, 6) is 0.627. The molecule has 1 aliphatic rings. The van der Waals surface area contributed by atoms with Gasteiger partial charge in [-0.3, -0.25) is 9.59 Å². The molecule has 4 rings (SSSR count). The van der Waals surface area contributed by atoms with Crippen LogP contribution in [-0.4, -0.2) is 23.8 Å². The Balaban J connectivity index is 1.49. The molecule has 1 aromatic heterocycles. The molecule has 1 aliphatic heterocycles. The van der Waals surface area contributed by atoms with Crippen LogP contribution in [-0.2, 0) is 17.9 Å². The summed E-state index contributed by atoms with van der Waals surface area (Å²) in [6, 6.07) is 18.9. The van der Waals surface area contributed by atoms with E-state index in [4.69, 9.17) is 4.74 Å². The van der Waals surface area contributed by atoms with Crippen molar-refractivity contribution < 1.29 is 14.3 Å². The first-order chi connectivity index (χ1) is 14.2. The molecule has 2 amide bonds. The highest BCUT2D eigenvalue weighted by molar-refractivity contribution is 7.10. The van der Waals surface area contributed by atoms with Gasteiger partial charge in [-0.25, -0.2) is 0 Å². The number of para-hydroxylation sites is 1. The number of hydrogen-bond donors (Lipinski definition) is 1. The van der Waals surface area contributed by atoms with Crippen LogP contribution in [0.5, 0.6) is 5.75 Å². The Bertz CT molecular complexity index is 1020. The molecule has 148 valence electrons. The average molecular weight is 407 g/mol. The highest BCUT2D eigenvalue weighted by Crippen LogP contribution is 2.35. The van der Waals surface area contributed by atoms with Crippen molar-refractivity contribution in [3.05, 3.63) is 87.6 Å². The number of carbonyl (C=O) groups excluding carboxylic acids is 2. The quantitative estimate of drug-likeness (QED) is 0.641. The molecule has 0 spiro atoms. The van der Waals surface area contributed by atoms with E-state index >= 15 is 0 Å². The molecule has 0 radical (unpaired) electrons. The molecule has 6 heteroatoms. The van der Waals surface area contributed by atoms with Crippen molar-refractivity contribution in [2.45, 2.75) is 25.6 Å². The van der Waals surface area contributed by atoms with Crippen LogP contribution in [0.1, 0.15) is 38.8 Å². The number of fused-ring (bicyclic) bond motifs is 1. The lowest BCUT2D eigenvalue weighted by Gasteiger charge is -2.26. The van der Waals surface area contributed by atoms with Crippen LogP contribution >= 0.6 is 11.3 Å². The van der Waals surface area contributed by atoms with Gasteiger partial charge in [-0.1, -0.05) is 42.5 Å². The molecule has 0 saturated carbocycles. The van der Waals surface area contributed by atoms with E-state index in [0.29, 0.717) is 13.1 Å². The lowest BCUT2D eigenvalue weighted by molar-refractivity contribution is -0.122. The maximum atomic E-state index is 13.0. The summed E-state index contributed by atoms with van der Waals surface area (Å²) < 4.78 is 5.35. The molecular formula is C23H22N2O3S. The second-order valence-electron chi connectivity index (χ2n) is 6.91. The van der Waals surface area contributed by atoms with E-state index in [2.05, 4.69) is 5.32 Å². The summed E-state index contributed by atoms with van der Waals surface area (Å²) in [6.45, 7) is 0.908. The normalized spacial score (nSPS) is 13.8. The van der Waals surface area contributed by atoms with Gasteiger partial charge >= 0.3 is 0 Å². The van der Waals surface area contributed by atoms with E-state index < -0.39 is 0 Å². The predicted molar refractivity (Wildman–Crippen MR) is 113 cm³/mol. The fourth-order valence-corrected chi connectivity index (χ4v) is 4.50. The fourth-order valence-electron chi connectivity index (χ4n) is 3.66. The average Bonchev–Trinajstić information content (AvgIpc) is 3.39. The monoisotopic (exact) mass is 406 g/mol. The zero-order valence-electron chi connectivity index (χ0n) is 16.1. The van der Waals surface area contributed by atoms with Gasteiger partial charge in [-0.2, -0.15) is 0 Å². The number of amides is 2. The Morgan fingerprint density at radius 2 is 1.93 bits per heavy atom. The number of rotatable bonds is 7. The molecule has 29 heavy (non-hydrogen) atoms. The third-order valence-electron chi connectivity index (χ3n) is 5.14. The highest BCUT2D eigenvalue weighted by Gasteiger charge is 2.34. The molecule has 0 fully saturated rings. The van der Waals surface area contributed by atoms with Gasteiger partial charge < -0.3 is 15.0 Å². The minimum atomic E-state index is -0.285. The summed E-state index contributed by atoms with van der Waals surface area (Å²) in [4.78, 5) is 28.6. The second kappa shape index (κ2) is 8.49. The summed E-state index contributed by atoms with van der Waals surface area (Å²) in [7, 11) is 1.62. The van der Waals surface area contributed by atoms with Crippen molar-refractivity contribution >= 4 is 23.2 Å². The zero-order valence-corrected chi connectivity index (χ0v) is 16.9. The number of nitrogens with zero attached hydrogens (tertiary/aromatic N) is 1. The molecule has 1 atom stereocenters. The molecule has 0 bridgehead atoms. The smallest absolute Gasteiger partial charge is 0.255 e. The van der Waals surface area contributed by atoms with Gasteiger partial charge in [0.1, 0.15) is 5.75 Å². The lowest BCUT2D eigenvalue weighted by atomic mass is 10.1. The first-order valence-corrected chi connectivity index (χ1v) is 10.4. The molecular weight excluding hydrogens is 384 g/mol. The van der Waals surface area contributed by atoms with E-state index in [1.54, 1.807) is 23.3 Å². The van der Waals surface area contributed by atoms with Crippen LogP contribution in [0.3, 0.4) is 0 Å². The third-order valence-corrected chi connectivity index (χ3v) is 6.12. The summed E-state index contributed by atoms with van der Waals surface area (Å²) in [5.41, 5.74) is 2.65. The molecule has 0 aliphatic carbocycles. The molecule has 2 heterocycles. The van der Waals surface area contributed by atoms with Crippen molar-refractivity contribution in [2.75, 3.05) is 7.11 Å². The van der Waals surface area contributed by atoms with E-state index in [9.17, 15) is 9.59 Å². The van der Waals surface area contributed by atoms with Crippen molar-refractivity contribution in [3.8, 4) is 5.75 Å². The predicted octanol–water partition coefficient (Wildman–Crippen LogP) is 4.16. The number of carbonyl (C=O) groups is 2. The Hall–Kier alpha value is -3.12. The Kier molecular flexibility index (Phi) is 5.62. The Morgan fingerprint density at radius 3 is 2.69 bits per heavy atom. The van der Waals surface area contributed by atoms with Crippen LogP contribution in [0.15, 0.2) is 66.0 Å². The van der Waals surface area contributed by atoms with Crippen molar-refractivity contribution in [3.63, 3.8) is 0 Å². The van der Waals surface area contributed by atoms with Gasteiger partial charge in [-0.05, 0) is 29.1 Å². The minimum Gasteiger partial charge on any atom is -0.496 e. The standard InChI is InChI=1S/C23H22N2O3S/c1-28-20-10-5-3-7-16(20)14-24-22(26)13-19(21-11-6-12-29-21)25-15-17-8-2-4-9-18(17)23(25)27/h2-12,19H,13-15H2,1H3,(H,24,26). The van der Waals surface area contributed by atoms with Gasteiger partial charge in [0.2, 0.25) is 5.91 Å². The van der Waals surface area contributed by atoms with Gasteiger partial charge in [-0.15, -0.1) is 11.3 Å². The van der Waals surface area contributed by atoms with Crippen molar-refractivity contribution in [1.29, 1.82) is 0 Å². The van der Waals surface area contributed by atoms with E-state index in [1.807, 2.05) is 66.0 Å². The van der Waals surface area contributed by atoms with Crippen LogP contribution in [0.2, 0.25) is 0 Å². The van der Waals surface area contributed by atoms with Crippen LogP contribution in [0.4, 0.5) is 0 Å². The molecule has 0 saturated heterocycles. The lowest BCUT2D eigenvalue weighted by Crippen LogP contribution is -2.33. The topological polar surface area (TPSA) is 58.6 Å². The van der Waals surface area contributed by atoms with Gasteiger partial charge in [0.25, 0.3) is 5.91 Å². The van der Waals surface area contributed by atoms with E-state index in [0.717, 1.165) is 27.3 Å². The zero-order chi connectivity index (χ0) is 20.2. The Labute approximate surface area is 173 Å². The van der Waals surface area contributed by atoms with Crippen molar-refractivity contribution in [2.24, 2.45) is 0 Å². The van der Waals surface area contributed by atoms with Crippen LogP contribution in [0, 0.1) is 0 Å². The first kappa shape index (κ1) is 19.2. The minimum absolute atomic E-state index is 0.0171. The fraction of sp³-hybridized carbons (Fsp3) is 0.217. The SMILES string of the molecule is COc1ccccc1CNC(=O)CC(c1cccs1)N1Cc2ccccc2C1=O. The Morgan fingerprint density at radius 1 is 1.14 bits per heavy atom. The number of hydrogen-bond acceptors (Lipinski definition) is 4. The van der Waals surface area contributed by atoms with Gasteiger partial charge in [0.05, 0.1) is 19.6 Å². The highest BCUT2D eigenvalue weighted by atomic mass is 32.1. The van der Waals surface area contributed by atoms with Crippen LogP contribution in [0.25, 0.3) is 0 Å². The molecule has 3 aromatic rings. The number of ether oxygens (including phenoxy) is 1. The van der Waals surface area contributed by atoms with Crippen LogP contribution < -0.4 is 10.1 Å². The van der Waals surface area contributed by atoms with E-state index in [1.165, 1.54) is 0 Å². The summed E-state index contributed by atoms with van der Waals surface area (Å²) in [6.07, 6.45) is 0.218. The third kappa shape index (κ3) is 4.03. The summed E-state index contributed by atoms with van der Waals surface area (Å²) in [5, 5.41) is 4.95. The number of nitrogens with one attached hydrogen (secondary N) is 1. The molecule has 5 nitrogen and oxygen atoms in total. The molecule has 1 N–H and O–H groups in total. The number of benzene rings is 2. The summed E-state index contributed by atoms with van der Waals surface area (Å²) >= 11 is 1.57. The van der Waals surface area contributed by atoms with E-state index in [-0.39, 0.29) is 24.3 Å². The number of thiophene rings is 1. The van der Waals surface area contributed by atoms with Gasteiger partial charge in [0.15, 0.2) is 0 Å².